The number of methoxy groups -OCH3 is 1. The molecular formula is C21H19ClFNO3S. The maximum absolute atomic E-state index is 14.6. The Morgan fingerprint density at radius 1 is 1.04 bits per heavy atom. The zero-order valence-corrected chi connectivity index (χ0v) is 17.0. The van der Waals surface area contributed by atoms with Gasteiger partial charge < -0.3 is 4.74 Å². The van der Waals surface area contributed by atoms with Crippen LogP contribution in [-0.4, -0.2) is 15.5 Å². The van der Waals surface area contributed by atoms with Crippen LogP contribution in [0.2, 0.25) is 5.02 Å². The van der Waals surface area contributed by atoms with E-state index in [0.717, 1.165) is 4.31 Å². The van der Waals surface area contributed by atoms with Crippen molar-refractivity contribution in [2.45, 2.75) is 18.4 Å². The fourth-order valence-corrected chi connectivity index (χ4v) is 4.82. The summed E-state index contributed by atoms with van der Waals surface area (Å²) in [6.07, 6.45) is 0. The fraction of sp³-hybridized carbons (Fsp3) is 0.143. The van der Waals surface area contributed by atoms with E-state index in [1.54, 1.807) is 49.4 Å². The lowest BCUT2D eigenvalue weighted by Crippen LogP contribution is -2.32. The highest BCUT2D eigenvalue weighted by Crippen LogP contribution is 2.32. The van der Waals surface area contributed by atoms with Crippen molar-refractivity contribution in [3.63, 3.8) is 0 Å². The van der Waals surface area contributed by atoms with Crippen molar-refractivity contribution >= 4 is 27.3 Å². The Balaban J connectivity index is 2.16. The number of anilines is 1. The van der Waals surface area contributed by atoms with E-state index < -0.39 is 15.8 Å². The van der Waals surface area contributed by atoms with Crippen LogP contribution < -0.4 is 9.04 Å². The molecule has 3 rings (SSSR count). The monoisotopic (exact) mass is 419 g/mol. The molecule has 0 aliphatic heterocycles. The van der Waals surface area contributed by atoms with Crippen molar-refractivity contribution < 1.29 is 17.5 Å². The maximum atomic E-state index is 14.6. The quantitative estimate of drug-likeness (QED) is 0.552. The van der Waals surface area contributed by atoms with Crippen LogP contribution in [0.4, 0.5) is 10.1 Å². The van der Waals surface area contributed by atoms with E-state index in [1.165, 1.54) is 31.4 Å². The average Bonchev–Trinajstić information content (AvgIpc) is 2.69. The predicted molar refractivity (Wildman–Crippen MR) is 109 cm³/mol. The molecule has 0 radical (unpaired) electrons. The molecule has 4 nitrogen and oxygen atoms in total. The third-order valence-corrected chi connectivity index (χ3v) is 6.68. The lowest BCUT2D eigenvalue weighted by atomic mass is 10.2. The van der Waals surface area contributed by atoms with Crippen LogP contribution >= 0.6 is 11.6 Å². The smallest absolute Gasteiger partial charge is 0.265 e. The third kappa shape index (κ3) is 3.98. The largest absolute Gasteiger partial charge is 0.497 e. The van der Waals surface area contributed by atoms with E-state index in [1.807, 2.05) is 0 Å². The first-order chi connectivity index (χ1) is 13.3. The van der Waals surface area contributed by atoms with Gasteiger partial charge in [0, 0.05) is 5.02 Å². The van der Waals surface area contributed by atoms with Crippen molar-refractivity contribution in [2.24, 2.45) is 0 Å². The molecule has 0 aliphatic carbocycles. The summed E-state index contributed by atoms with van der Waals surface area (Å²) in [5, 5.41) is 0.330. The van der Waals surface area contributed by atoms with Crippen LogP contribution in [0.25, 0.3) is 0 Å². The summed E-state index contributed by atoms with van der Waals surface area (Å²) in [6.45, 7) is 1.56. The normalized spacial score (nSPS) is 11.3. The van der Waals surface area contributed by atoms with Crippen LogP contribution in [0.15, 0.2) is 71.6 Å². The molecule has 28 heavy (non-hydrogen) atoms. The average molecular weight is 420 g/mol. The predicted octanol–water partition coefficient (Wildman–Crippen LogP) is 5.19. The number of ether oxygens (including phenoxy) is 1. The molecule has 0 unspecified atom stereocenters. The van der Waals surface area contributed by atoms with E-state index in [0.29, 0.717) is 21.9 Å². The van der Waals surface area contributed by atoms with Crippen molar-refractivity contribution in [3.05, 3.63) is 88.7 Å². The number of nitrogens with zero attached hydrogens (tertiary/aromatic N) is 1. The molecule has 0 saturated heterocycles. The first kappa shape index (κ1) is 20.2. The molecule has 0 aromatic heterocycles. The number of benzene rings is 3. The van der Waals surface area contributed by atoms with Gasteiger partial charge in [0.1, 0.15) is 11.6 Å². The van der Waals surface area contributed by atoms with Gasteiger partial charge >= 0.3 is 0 Å². The first-order valence-electron chi connectivity index (χ1n) is 8.50. The molecule has 7 heteroatoms. The van der Waals surface area contributed by atoms with Gasteiger partial charge in [0.2, 0.25) is 0 Å². The Bertz CT molecular complexity index is 1100. The molecule has 3 aromatic rings. The Kier molecular flexibility index (Phi) is 5.91. The van der Waals surface area contributed by atoms with Gasteiger partial charge in [0.05, 0.1) is 24.2 Å². The van der Waals surface area contributed by atoms with E-state index in [2.05, 4.69) is 0 Å². The molecule has 146 valence electrons. The standard InChI is InChI=1S/C21H19ClFNO3S/c1-15-18(22)9-6-12-21(15)28(25,26)24(20-11-4-3-10-19(20)23)14-16-7-5-8-17(13-16)27-2/h3-13H,14H2,1-2H3. The van der Waals surface area contributed by atoms with Crippen LogP contribution in [-0.2, 0) is 16.6 Å². The van der Waals surface area contributed by atoms with Crippen molar-refractivity contribution in [1.29, 1.82) is 0 Å². The van der Waals surface area contributed by atoms with Gasteiger partial charge in [-0.3, -0.25) is 4.31 Å². The molecule has 0 saturated carbocycles. The summed E-state index contributed by atoms with van der Waals surface area (Å²) in [7, 11) is -2.55. The van der Waals surface area contributed by atoms with Gasteiger partial charge in [0.25, 0.3) is 10.0 Å². The molecule has 0 amide bonds. The van der Waals surface area contributed by atoms with Gasteiger partial charge in [-0.2, -0.15) is 0 Å². The summed E-state index contributed by atoms with van der Waals surface area (Å²) in [6, 6.07) is 17.4. The van der Waals surface area contributed by atoms with E-state index >= 15 is 0 Å². The lowest BCUT2D eigenvalue weighted by Gasteiger charge is -2.26. The second-order valence-corrected chi connectivity index (χ2v) is 8.42. The Morgan fingerprint density at radius 2 is 1.75 bits per heavy atom. The summed E-state index contributed by atoms with van der Waals surface area (Å²) >= 11 is 6.13. The number of rotatable bonds is 6. The van der Waals surface area contributed by atoms with Crippen LogP contribution in [0.1, 0.15) is 11.1 Å². The number of halogens is 2. The van der Waals surface area contributed by atoms with Crippen molar-refractivity contribution in [1.82, 2.24) is 0 Å². The van der Waals surface area contributed by atoms with Gasteiger partial charge in [-0.25, -0.2) is 12.8 Å². The molecule has 0 atom stereocenters. The molecule has 0 heterocycles. The highest BCUT2D eigenvalue weighted by molar-refractivity contribution is 7.92. The zero-order chi connectivity index (χ0) is 20.3. The fourth-order valence-electron chi connectivity index (χ4n) is 2.88. The van der Waals surface area contributed by atoms with Gasteiger partial charge in [-0.15, -0.1) is 0 Å². The minimum Gasteiger partial charge on any atom is -0.497 e. The zero-order valence-electron chi connectivity index (χ0n) is 15.4. The summed E-state index contributed by atoms with van der Waals surface area (Å²) in [5.74, 6) is -0.0454. The van der Waals surface area contributed by atoms with Gasteiger partial charge in [-0.1, -0.05) is 41.9 Å². The van der Waals surface area contributed by atoms with Crippen LogP contribution in [0.5, 0.6) is 5.75 Å². The third-order valence-electron chi connectivity index (χ3n) is 4.37. The maximum Gasteiger partial charge on any atom is 0.265 e. The van der Waals surface area contributed by atoms with Gasteiger partial charge in [-0.05, 0) is 54.4 Å². The second kappa shape index (κ2) is 8.20. The van der Waals surface area contributed by atoms with Crippen molar-refractivity contribution in [2.75, 3.05) is 11.4 Å². The molecular weight excluding hydrogens is 401 g/mol. The van der Waals surface area contributed by atoms with Crippen molar-refractivity contribution in [3.8, 4) is 5.75 Å². The van der Waals surface area contributed by atoms with Gasteiger partial charge in [0.15, 0.2) is 0 Å². The molecule has 0 spiro atoms. The number of para-hydroxylation sites is 1. The molecule has 3 aromatic carbocycles. The topological polar surface area (TPSA) is 46.6 Å². The summed E-state index contributed by atoms with van der Waals surface area (Å²) in [5.41, 5.74) is 1.03. The molecule has 0 fully saturated rings. The number of sulfonamides is 1. The summed E-state index contributed by atoms with van der Waals surface area (Å²) < 4.78 is 47.8. The second-order valence-electron chi connectivity index (χ2n) is 6.18. The summed E-state index contributed by atoms with van der Waals surface area (Å²) in [4.78, 5) is 0.0335. The van der Waals surface area contributed by atoms with E-state index in [-0.39, 0.29) is 17.1 Å². The Morgan fingerprint density at radius 3 is 2.46 bits per heavy atom. The highest BCUT2D eigenvalue weighted by atomic mass is 35.5. The SMILES string of the molecule is COc1cccc(CN(c2ccccc2F)S(=O)(=O)c2cccc(Cl)c2C)c1. The van der Waals surface area contributed by atoms with Crippen LogP contribution in [0.3, 0.4) is 0 Å². The molecule has 0 N–H and O–H groups in total. The van der Waals surface area contributed by atoms with E-state index in [4.69, 9.17) is 16.3 Å². The van der Waals surface area contributed by atoms with Crippen LogP contribution in [0, 0.1) is 12.7 Å². The molecule has 0 bridgehead atoms. The minimum atomic E-state index is -4.08. The Labute approximate surface area is 169 Å². The first-order valence-corrected chi connectivity index (χ1v) is 10.3. The minimum absolute atomic E-state index is 0.0335. The highest BCUT2D eigenvalue weighted by Gasteiger charge is 2.29. The van der Waals surface area contributed by atoms with E-state index in [9.17, 15) is 12.8 Å². The number of hydrogen-bond donors (Lipinski definition) is 0. The Hall–Kier alpha value is -2.57. The number of hydrogen-bond acceptors (Lipinski definition) is 3. The lowest BCUT2D eigenvalue weighted by molar-refractivity contribution is 0.414. The molecule has 0 aliphatic rings.